The molecule has 0 saturated carbocycles. The fraction of sp³-hybridized carbons (Fsp3) is 0.294. The van der Waals surface area contributed by atoms with E-state index in [0.717, 1.165) is 5.56 Å². The van der Waals surface area contributed by atoms with Crippen molar-refractivity contribution in [1.29, 1.82) is 0 Å². The van der Waals surface area contributed by atoms with Crippen LogP contribution in [0, 0.1) is 6.92 Å². The summed E-state index contributed by atoms with van der Waals surface area (Å²) < 4.78 is 5.40. The van der Waals surface area contributed by atoms with Crippen LogP contribution in [0.5, 0.6) is 0 Å². The average Bonchev–Trinajstić information content (AvgIpc) is 2.85. The Labute approximate surface area is 113 Å². The average molecular weight is 254 g/mol. The van der Waals surface area contributed by atoms with Gasteiger partial charge in [-0.05, 0) is 29.2 Å². The third kappa shape index (κ3) is 2.70. The van der Waals surface area contributed by atoms with E-state index in [2.05, 4.69) is 37.3 Å². The zero-order valence-corrected chi connectivity index (χ0v) is 11.1. The van der Waals surface area contributed by atoms with Crippen molar-refractivity contribution in [2.24, 2.45) is 0 Å². The highest BCUT2D eigenvalue weighted by Gasteiger charge is 2.15. The van der Waals surface area contributed by atoms with Gasteiger partial charge in [0.1, 0.15) is 0 Å². The highest BCUT2D eigenvalue weighted by molar-refractivity contribution is 5.35. The molecule has 0 saturated heterocycles. The molecule has 0 spiro atoms. The van der Waals surface area contributed by atoms with E-state index in [9.17, 15) is 5.11 Å². The summed E-state index contributed by atoms with van der Waals surface area (Å²) in [5.41, 5.74) is 5.83. The van der Waals surface area contributed by atoms with Gasteiger partial charge in [0.25, 0.3) is 0 Å². The Morgan fingerprint density at radius 2 is 1.95 bits per heavy atom. The third-order valence-corrected chi connectivity index (χ3v) is 3.64. The van der Waals surface area contributed by atoms with Gasteiger partial charge in [0.15, 0.2) is 0 Å². The smallest absolute Gasteiger partial charge is 0.0830 e. The Morgan fingerprint density at radius 3 is 2.79 bits per heavy atom. The number of aliphatic hydroxyl groups excluding tert-OH is 1. The molecule has 3 rings (SSSR count). The van der Waals surface area contributed by atoms with Crippen LogP contribution in [-0.4, -0.2) is 5.11 Å². The van der Waals surface area contributed by atoms with E-state index < -0.39 is 6.10 Å². The van der Waals surface area contributed by atoms with E-state index in [1.807, 2.05) is 12.1 Å². The lowest BCUT2D eigenvalue weighted by atomic mass is 9.97. The standard InChI is InChI=1S/C17H18O2/c1-12-3-2-4-13(7-12)8-17(18)14-5-6-15-10-19-11-16(15)9-14/h2-7,9,17-18H,8,10-11H2,1H3. The molecule has 1 heterocycles. The van der Waals surface area contributed by atoms with Crippen LogP contribution in [0.1, 0.15) is 33.9 Å². The van der Waals surface area contributed by atoms with Gasteiger partial charge in [-0.3, -0.25) is 0 Å². The lowest BCUT2D eigenvalue weighted by Crippen LogP contribution is -2.03. The molecular formula is C17H18O2. The van der Waals surface area contributed by atoms with Gasteiger partial charge in [-0.2, -0.15) is 0 Å². The molecule has 1 unspecified atom stereocenters. The number of hydrogen-bond donors (Lipinski definition) is 1. The van der Waals surface area contributed by atoms with Gasteiger partial charge in [0.05, 0.1) is 19.3 Å². The third-order valence-electron chi connectivity index (χ3n) is 3.64. The molecule has 2 aromatic rings. The molecule has 1 aliphatic rings. The molecule has 2 aromatic carbocycles. The molecule has 1 N–H and O–H groups in total. The van der Waals surface area contributed by atoms with Crippen molar-refractivity contribution in [3.63, 3.8) is 0 Å². The molecule has 0 fully saturated rings. The Balaban J connectivity index is 1.78. The summed E-state index contributed by atoms with van der Waals surface area (Å²) in [5.74, 6) is 0. The van der Waals surface area contributed by atoms with Gasteiger partial charge in [-0.15, -0.1) is 0 Å². The highest BCUT2D eigenvalue weighted by atomic mass is 16.5. The molecule has 0 amide bonds. The first-order valence-corrected chi connectivity index (χ1v) is 6.65. The van der Waals surface area contributed by atoms with E-state index in [1.165, 1.54) is 22.3 Å². The fourth-order valence-electron chi connectivity index (χ4n) is 2.58. The van der Waals surface area contributed by atoms with Gasteiger partial charge >= 0.3 is 0 Å². The summed E-state index contributed by atoms with van der Waals surface area (Å²) in [4.78, 5) is 0. The summed E-state index contributed by atoms with van der Waals surface area (Å²) in [6.07, 6.45) is 0.203. The minimum absolute atomic E-state index is 0.451. The molecule has 0 radical (unpaired) electrons. The van der Waals surface area contributed by atoms with Gasteiger partial charge in [-0.1, -0.05) is 48.0 Å². The molecule has 0 aliphatic carbocycles. The number of aliphatic hydroxyl groups is 1. The summed E-state index contributed by atoms with van der Waals surface area (Å²) >= 11 is 0. The number of hydrogen-bond acceptors (Lipinski definition) is 2. The summed E-state index contributed by atoms with van der Waals surface area (Å²) in [7, 11) is 0. The van der Waals surface area contributed by atoms with Gasteiger partial charge in [-0.25, -0.2) is 0 Å². The van der Waals surface area contributed by atoms with Gasteiger partial charge in [0.2, 0.25) is 0 Å². The SMILES string of the molecule is Cc1cccc(CC(O)c2ccc3c(c2)COC3)c1. The van der Waals surface area contributed by atoms with Crippen LogP contribution in [0.2, 0.25) is 0 Å². The minimum Gasteiger partial charge on any atom is -0.388 e. The largest absolute Gasteiger partial charge is 0.388 e. The van der Waals surface area contributed by atoms with Crippen molar-refractivity contribution in [2.45, 2.75) is 32.7 Å². The second kappa shape index (κ2) is 5.16. The number of ether oxygens (including phenoxy) is 1. The topological polar surface area (TPSA) is 29.5 Å². The predicted molar refractivity (Wildman–Crippen MR) is 74.8 cm³/mol. The maximum atomic E-state index is 10.4. The lowest BCUT2D eigenvalue weighted by molar-refractivity contribution is 0.134. The first kappa shape index (κ1) is 12.4. The Bertz CT molecular complexity index is 590. The van der Waals surface area contributed by atoms with Crippen LogP contribution in [0.3, 0.4) is 0 Å². The summed E-state index contributed by atoms with van der Waals surface area (Å²) in [6.45, 7) is 3.44. The number of rotatable bonds is 3. The molecule has 0 aromatic heterocycles. The highest BCUT2D eigenvalue weighted by Crippen LogP contribution is 2.25. The second-order valence-corrected chi connectivity index (χ2v) is 5.23. The van der Waals surface area contributed by atoms with E-state index in [1.54, 1.807) is 0 Å². The van der Waals surface area contributed by atoms with Crippen molar-refractivity contribution >= 4 is 0 Å². The van der Waals surface area contributed by atoms with Crippen molar-refractivity contribution in [3.05, 3.63) is 70.3 Å². The molecule has 2 nitrogen and oxygen atoms in total. The van der Waals surface area contributed by atoms with Gasteiger partial charge < -0.3 is 9.84 Å². The Hall–Kier alpha value is -1.64. The van der Waals surface area contributed by atoms with Crippen LogP contribution >= 0.6 is 0 Å². The molecule has 19 heavy (non-hydrogen) atoms. The van der Waals surface area contributed by atoms with Crippen molar-refractivity contribution < 1.29 is 9.84 Å². The van der Waals surface area contributed by atoms with E-state index in [-0.39, 0.29) is 0 Å². The number of benzene rings is 2. The van der Waals surface area contributed by atoms with E-state index >= 15 is 0 Å². The Kier molecular flexibility index (Phi) is 3.36. The predicted octanol–water partition coefficient (Wildman–Crippen LogP) is 3.30. The molecule has 2 heteroatoms. The molecule has 0 bridgehead atoms. The van der Waals surface area contributed by atoms with Crippen LogP contribution in [-0.2, 0) is 24.4 Å². The molecular weight excluding hydrogens is 236 g/mol. The molecule has 1 aliphatic heterocycles. The number of aryl methyl sites for hydroxylation is 1. The Morgan fingerprint density at radius 1 is 1.11 bits per heavy atom. The normalized spacial score (nSPS) is 15.3. The van der Waals surface area contributed by atoms with E-state index in [4.69, 9.17) is 4.74 Å². The zero-order valence-electron chi connectivity index (χ0n) is 11.1. The second-order valence-electron chi connectivity index (χ2n) is 5.23. The summed E-state index contributed by atoms with van der Waals surface area (Å²) in [5, 5.41) is 10.4. The first-order chi connectivity index (χ1) is 9.22. The van der Waals surface area contributed by atoms with Crippen LogP contribution in [0.4, 0.5) is 0 Å². The molecule has 98 valence electrons. The fourth-order valence-corrected chi connectivity index (χ4v) is 2.58. The van der Waals surface area contributed by atoms with Crippen molar-refractivity contribution in [2.75, 3.05) is 0 Å². The van der Waals surface area contributed by atoms with Gasteiger partial charge in [0, 0.05) is 6.42 Å². The number of fused-ring (bicyclic) bond motifs is 1. The minimum atomic E-state index is -0.451. The van der Waals surface area contributed by atoms with E-state index in [0.29, 0.717) is 19.6 Å². The maximum Gasteiger partial charge on any atom is 0.0830 e. The first-order valence-electron chi connectivity index (χ1n) is 6.65. The lowest BCUT2D eigenvalue weighted by Gasteiger charge is -2.12. The van der Waals surface area contributed by atoms with Crippen LogP contribution < -0.4 is 0 Å². The monoisotopic (exact) mass is 254 g/mol. The zero-order chi connectivity index (χ0) is 13.2. The quantitative estimate of drug-likeness (QED) is 0.910. The van der Waals surface area contributed by atoms with Crippen molar-refractivity contribution in [3.8, 4) is 0 Å². The summed E-state index contributed by atoms with van der Waals surface area (Å²) in [6, 6.07) is 14.4. The maximum absolute atomic E-state index is 10.4. The van der Waals surface area contributed by atoms with Crippen LogP contribution in [0.25, 0.3) is 0 Å². The molecule has 1 atom stereocenters. The van der Waals surface area contributed by atoms with Crippen LogP contribution in [0.15, 0.2) is 42.5 Å². The van der Waals surface area contributed by atoms with Crippen molar-refractivity contribution in [1.82, 2.24) is 0 Å².